The van der Waals surface area contributed by atoms with Crippen molar-refractivity contribution in [1.29, 1.82) is 0 Å². The van der Waals surface area contributed by atoms with Gasteiger partial charge in [0.2, 0.25) is 0 Å². The first kappa shape index (κ1) is 19.7. The fourth-order valence-corrected chi connectivity index (χ4v) is 4.72. The zero-order valence-corrected chi connectivity index (χ0v) is 18.1. The van der Waals surface area contributed by atoms with Gasteiger partial charge in [0.25, 0.3) is 5.91 Å². The van der Waals surface area contributed by atoms with E-state index >= 15 is 0 Å². The molecule has 4 rings (SSSR count). The molecule has 0 aliphatic heterocycles. The van der Waals surface area contributed by atoms with Crippen molar-refractivity contribution in [2.24, 2.45) is 4.99 Å². The summed E-state index contributed by atoms with van der Waals surface area (Å²) in [5.41, 5.74) is 1.69. The molecule has 0 saturated carbocycles. The Kier molecular flexibility index (Phi) is 6.02. The van der Waals surface area contributed by atoms with Gasteiger partial charge < -0.3 is 9.30 Å². The molecule has 0 aliphatic carbocycles. The summed E-state index contributed by atoms with van der Waals surface area (Å²) in [6.45, 7) is 3.40. The number of thioether (sulfide) groups is 1. The molecule has 1 heterocycles. The van der Waals surface area contributed by atoms with E-state index in [1.807, 2.05) is 61.5 Å². The standard InChI is InChI=1S/C23H22N2O2S2/c1-3-27-19-10-11-20-21(15-19)29-23(25(20)12-13-28-2)24-22(26)18-9-8-16-6-4-5-7-17(16)14-18/h4-11,14-15H,3,12-13H2,1-2H3. The van der Waals surface area contributed by atoms with E-state index in [9.17, 15) is 4.79 Å². The van der Waals surface area contributed by atoms with E-state index in [-0.39, 0.29) is 5.91 Å². The van der Waals surface area contributed by atoms with Crippen LogP contribution in [0.1, 0.15) is 17.3 Å². The highest BCUT2D eigenvalue weighted by atomic mass is 32.2. The Morgan fingerprint density at radius 3 is 2.72 bits per heavy atom. The van der Waals surface area contributed by atoms with Gasteiger partial charge in [-0.3, -0.25) is 4.79 Å². The number of ether oxygens (including phenoxy) is 1. The van der Waals surface area contributed by atoms with Crippen LogP contribution in [0.25, 0.3) is 21.0 Å². The molecular weight excluding hydrogens is 400 g/mol. The molecule has 4 aromatic rings. The van der Waals surface area contributed by atoms with Crippen molar-refractivity contribution < 1.29 is 9.53 Å². The first-order valence-electron chi connectivity index (χ1n) is 9.52. The Balaban J connectivity index is 1.78. The van der Waals surface area contributed by atoms with Crippen molar-refractivity contribution in [2.75, 3.05) is 18.6 Å². The van der Waals surface area contributed by atoms with Crippen molar-refractivity contribution in [3.63, 3.8) is 0 Å². The predicted octanol–water partition coefficient (Wildman–Crippen LogP) is 5.36. The van der Waals surface area contributed by atoms with Crippen LogP contribution in [0.3, 0.4) is 0 Å². The van der Waals surface area contributed by atoms with Gasteiger partial charge in [0.1, 0.15) is 5.75 Å². The fourth-order valence-electron chi connectivity index (χ4n) is 3.27. The van der Waals surface area contributed by atoms with Gasteiger partial charge in [-0.05, 0) is 54.3 Å². The molecule has 0 bridgehead atoms. The summed E-state index contributed by atoms with van der Waals surface area (Å²) in [4.78, 5) is 18.1. The highest BCUT2D eigenvalue weighted by molar-refractivity contribution is 7.98. The van der Waals surface area contributed by atoms with E-state index in [4.69, 9.17) is 4.74 Å². The normalized spacial score (nSPS) is 12.0. The minimum absolute atomic E-state index is 0.217. The Labute approximate surface area is 177 Å². The zero-order valence-electron chi connectivity index (χ0n) is 16.4. The molecule has 0 spiro atoms. The summed E-state index contributed by atoms with van der Waals surface area (Å²) in [6, 6.07) is 19.8. The molecule has 0 fully saturated rings. The summed E-state index contributed by atoms with van der Waals surface area (Å²) in [6.07, 6.45) is 2.08. The second-order valence-corrected chi connectivity index (χ2v) is 8.57. The highest BCUT2D eigenvalue weighted by Gasteiger charge is 2.11. The van der Waals surface area contributed by atoms with E-state index in [2.05, 4.69) is 21.9 Å². The van der Waals surface area contributed by atoms with Gasteiger partial charge >= 0.3 is 0 Å². The number of hydrogen-bond acceptors (Lipinski definition) is 4. The average molecular weight is 423 g/mol. The predicted molar refractivity (Wildman–Crippen MR) is 123 cm³/mol. The molecule has 0 saturated heterocycles. The third-order valence-corrected chi connectivity index (χ3v) is 6.31. The van der Waals surface area contributed by atoms with Crippen LogP contribution in [-0.2, 0) is 6.54 Å². The van der Waals surface area contributed by atoms with E-state index in [0.717, 1.165) is 43.8 Å². The second kappa shape index (κ2) is 8.84. The Hall–Kier alpha value is -2.57. The first-order chi connectivity index (χ1) is 14.2. The lowest BCUT2D eigenvalue weighted by Crippen LogP contribution is -2.18. The molecule has 3 aromatic carbocycles. The number of carbonyl (C=O) groups is 1. The number of aryl methyl sites for hydroxylation is 1. The molecule has 0 N–H and O–H groups in total. The van der Waals surface area contributed by atoms with Gasteiger partial charge in [-0.1, -0.05) is 41.7 Å². The van der Waals surface area contributed by atoms with Crippen LogP contribution in [0, 0.1) is 0 Å². The molecule has 0 aliphatic rings. The van der Waals surface area contributed by atoms with Crippen LogP contribution in [0.15, 0.2) is 65.7 Å². The Bertz CT molecular complexity index is 1240. The Morgan fingerprint density at radius 2 is 1.93 bits per heavy atom. The second-order valence-electron chi connectivity index (χ2n) is 6.57. The molecule has 29 heavy (non-hydrogen) atoms. The molecule has 0 radical (unpaired) electrons. The smallest absolute Gasteiger partial charge is 0.279 e. The van der Waals surface area contributed by atoms with Crippen molar-refractivity contribution >= 4 is 50.0 Å². The molecule has 1 amide bonds. The summed E-state index contributed by atoms with van der Waals surface area (Å²) >= 11 is 3.30. The largest absolute Gasteiger partial charge is 0.494 e. The minimum atomic E-state index is -0.217. The number of thiazole rings is 1. The van der Waals surface area contributed by atoms with Crippen molar-refractivity contribution in [3.05, 3.63) is 71.0 Å². The van der Waals surface area contributed by atoms with E-state index in [1.54, 1.807) is 11.8 Å². The Morgan fingerprint density at radius 1 is 1.10 bits per heavy atom. The number of fused-ring (bicyclic) bond motifs is 2. The third-order valence-electron chi connectivity index (χ3n) is 4.68. The fraction of sp³-hybridized carbons (Fsp3) is 0.217. The molecule has 148 valence electrons. The summed E-state index contributed by atoms with van der Waals surface area (Å²) in [5.74, 6) is 1.58. The van der Waals surface area contributed by atoms with Gasteiger partial charge in [-0.25, -0.2) is 0 Å². The molecule has 0 atom stereocenters. The van der Waals surface area contributed by atoms with Gasteiger partial charge in [-0.2, -0.15) is 16.8 Å². The molecule has 0 unspecified atom stereocenters. The van der Waals surface area contributed by atoms with E-state index in [1.165, 1.54) is 11.3 Å². The van der Waals surface area contributed by atoms with Crippen LogP contribution >= 0.6 is 23.1 Å². The van der Waals surface area contributed by atoms with Crippen LogP contribution in [0.5, 0.6) is 5.75 Å². The van der Waals surface area contributed by atoms with E-state index in [0.29, 0.717) is 12.2 Å². The van der Waals surface area contributed by atoms with Crippen LogP contribution in [-0.4, -0.2) is 29.1 Å². The SMILES string of the molecule is CCOc1ccc2c(c1)sc(=NC(=O)c1ccc3ccccc3c1)n2CCSC. The van der Waals surface area contributed by atoms with E-state index < -0.39 is 0 Å². The number of benzene rings is 3. The molecular formula is C23H22N2O2S2. The average Bonchev–Trinajstić information content (AvgIpc) is 3.08. The number of aromatic nitrogens is 1. The summed E-state index contributed by atoms with van der Waals surface area (Å²) in [5, 5.41) is 2.16. The summed E-state index contributed by atoms with van der Waals surface area (Å²) in [7, 11) is 0. The maximum absolute atomic E-state index is 12.9. The molecule has 6 heteroatoms. The van der Waals surface area contributed by atoms with Crippen molar-refractivity contribution in [2.45, 2.75) is 13.5 Å². The first-order valence-corrected chi connectivity index (χ1v) is 11.7. The van der Waals surface area contributed by atoms with Crippen LogP contribution in [0.2, 0.25) is 0 Å². The number of nitrogens with zero attached hydrogens (tertiary/aromatic N) is 2. The van der Waals surface area contributed by atoms with Crippen molar-refractivity contribution in [3.8, 4) is 5.75 Å². The van der Waals surface area contributed by atoms with Crippen LogP contribution < -0.4 is 9.54 Å². The quantitative estimate of drug-likeness (QED) is 0.420. The lowest BCUT2D eigenvalue weighted by atomic mass is 10.1. The monoisotopic (exact) mass is 422 g/mol. The maximum Gasteiger partial charge on any atom is 0.279 e. The topological polar surface area (TPSA) is 43.6 Å². The number of carbonyl (C=O) groups excluding carboxylic acids is 1. The van der Waals surface area contributed by atoms with Gasteiger partial charge in [0, 0.05) is 17.9 Å². The molecule has 4 nitrogen and oxygen atoms in total. The number of rotatable bonds is 6. The highest BCUT2D eigenvalue weighted by Crippen LogP contribution is 2.24. The lowest BCUT2D eigenvalue weighted by molar-refractivity contribution is 0.0998. The van der Waals surface area contributed by atoms with Crippen molar-refractivity contribution in [1.82, 2.24) is 4.57 Å². The lowest BCUT2D eigenvalue weighted by Gasteiger charge is -2.05. The third kappa shape index (κ3) is 4.23. The minimum Gasteiger partial charge on any atom is -0.494 e. The zero-order chi connectivity index (χ0) is 20.2. The molecule has 1 aromatic heterocycles. The number of hydrogen-bond donors (Lipinski definition) is 0. The van der Waals surface area contributed by atoms with Gasteiger partial charge in [0.15, 0.2) is 4.80 Å². The summed E-state index contributed by atoms with van der Waals surface area (Å²) < 4.78 is 8.83. The van der Waals surface area contributed by atoms with Gasteiger partial charge in [0.05, 0.1) is 16.8 Å². The van der Waals surface area contributed by atoms with Crippen LogP contribution in [0.4, 0.5) is 0 Å². The number of amides is 1. The van der Waals surface area contributed by atoms with Gasteiger partial charge in [-0.15, -0.1) is 0 Å². The maximum atomic E-state index is 12.9.